The standard InChI is InChI=1S/C15H22N2O2/c1-2-10-5-3-6-11(9-10)17-15(19)12-7-4-8-13(16)14(12)18/h4,7-8,10-11,18H,2-3,5-6,9,16H2,1H3,(H,17,19). The summed E-state index contributed by atoms with van der Waals surface area (Å²) in [6.07, 6.45) is 5.63. The van der Waals surface area contributed by atoms with Gasteiger partial charge in [0.15, 0.2) is 5.75 Å². The van der Waals surface area contributed by atoms with Gasteiger partial charge in [0.05, 0.1) is 11.3 Å². The summed E-state index contributed by atoms with van der Waals surface area (Å²) >= 11 is 0. The number of nitrogens with one attached hydrogen (secondary N) is 1. The van der Waals surface area contributed by atoms with Gasteiger partial charge in [-0.05, 0) is 30.9 Å². The zero-order chi connectivity index (χ0) is 13.8. The van der Waals surface area contributed by atoms with E-state index in [-0.39, 0.29) is 28.9 Å². The minimum atomic E-state index is -0.230. The number of benzene rings is 1. The highest BCUT2D eigenvalue weighted by Crippen LogP contribution is 2.28. The van der Waals surface area contributed by atoms with Crippen molar-refractivity contribution in [3.63, 3.8) is 0 Å². The van der Waals surface area contributed by atoms with Crippen LogP contribution in [0.2, 0.25) is 0 Å². The molecule has 2 unspecified atom stereocenters. The number of carbonyl (C=O) groups is 1. The SMILES string of the molecule is CCC1CCCC(NC(=O)c2cccc(N)c2O)C1. The maximum absolute atomic E-state index is 12.2. The van der Waals surface area contributed by atoms with E-state index in [4.69, 9.17) is 5.73 Å². The van der Waals surface area contributed by atoms with Crippen LogP contribution in [0.15, 0.2) is 18.2 Å². The Hall–Kier alpha value is -1.71. The van der Waals surface area contributed by atoms with Crippen LogP contribution >= 0.6 is 0 Å². The van der Waals surface area contributed by atoms with Gasteiger partial charge in [-0.2, -0.15) is 0 Å². The summed E-state index contributed by atoms with van der Waals surface area (Å²) in [6, 6.07) is 5.08. The lowest BCUT2D eigenvalue weighted by Gasteiger charge is -2.29. The minimum Gasteiger partial charge on any atom is -0.505 e. The number of aromatic hydroxyl groups is 1. The number of phenols is 1. The molecular weight excluding hydrogens is 240 g/mol. The van der Waals surface area contributed by atoms with Gasteiger partial charge in [0.1, 0.15) is 0 Å². The van der Waals surface area contributed by atoms with Crippen LogP contribution in [0.5, 0.6) is 5.75 Å². The number of amides is 1. The van der Waals surface area contributed by atoms with Gasteiger partial charge in [0.2, 0.25) is 0 Å². The minimum absolute atomic E-state index is 0.122. The molecule has 1 aliphatic carbocycles. The molecule has 1 aromatic rings. The van der Waals surface area contributed by atoms with Crippen LogP contribution in [-0.4, -0.2) is 17.1 Å². The van der Waals surface area contributed by atoms with Crippen LogP contribution in [0.25, 0.3) is 0 Å². The van der Waals surface area contributed by atoms with Gasteiger partial charge < -0.3 is 16.2 Å². The third kappa shape index (κ3) is 3.19. The average Bonchev–Trinajstić information content (AvgIpc) is 2.42. The normalized spacial score (nSPS) is 23.0. The monoisotopic (exact) mass is 262 g/mol. The Bertz CT molecular complexity index is 459. The first-order chi connectivity index (χ1) is 9.11. The predicted molar refractivity (Wildman–Crippen MR) is 76.0 cm³/mol. The summed E-state index contributed by atoms with van der Waals surface area (Å²) in [5.41, 5.74) is 6.11. The van der Waals surface area contributed by atoms with E-state index in [0.29, 0.717) is 5.92 Å². The summed E-state index contributed by atoms with van der Waals surface area (Å²) in [5.74, 6) is 0.350. The number of hydrogen-bond donors (Lipinski definition) is 3. The first-order valence-electron chi connectivity index (χ1n) is 7.00. The molecule has 2 atom stereocenters. The number of anilines is 1. The van der Waals surface area contributed by atoms with Crippen LogP contribution < -0.4 is 11.1 Å². The zero-order valence-corrected chi connectivity index (χ0v) is 11.4. The van der Waals surface area contributed by atoms with E-state index in [0.717, 1.165) is 25.7 Å². The van der Waals surface area contributed by atoms with Crippen LogP contribution in [0.1, 0.15) is 49.4 Å². The van der Waals surface area contributed by atoms with Gasteiger partial charge in [0, 0.05) is 6.04 Å². The fourth-order valence-electron chi connectivity index (χ4n) is 2.80. The second-order valence-corrected chi connectivity index (χ2v) is 5.35. The van der Waals surface area contributed by atoms with E-state index < -0.39 is 0 Å². The number of carbonyl (C=O) groups excluding carboxylic acids is 1. The summed E-state index contributed by atoms with van der Waals surface area (Å²) < 4.78 is 0. The van der Waals surface area contributed by atoms with Crippen molar-refractivity contribution >= 4 is 11.6 Å². The first kappa shape index (κ1) is 13.7. The molecule has 0 saturated heterocycles. The Balaban J connectivity index is 2.02. The Kier molecular flexibility index (Phi) is 4.30. The largest absolute Gasteiger partial charge is 0.505 e. The van der Waals surface area contributed by atoms with Crippen molar-refractivity contribution < 1.29 is 9.90 Å². The molecule has 0 heterocycles. The Morgan fingerprint density at radius 1 is 1.47 bits per heavy atom. The number of para-hydroxylation sites is 1. The highest BCUT2D eigenvalue weighted by atomic mass is 16.3. The van der Waals surface area contributed by atoms with Crippen molar-refractivity contribution in [1.29, 1.82) is 0 Å². The fourth-order valence-corrected chi connectivity index (χ4v) is 2.80. The number of nitrogens with two attached hydrogens (primary N) is 1. The molecule has 4 nitrogen and oxygen atoms in total. The van der Waals surface area contributed by atoms with E-state index >= 15 is 0 Å². The number of nitrogen functional groups attached to an aromatic ring is 1. The molecule has 104 valence electrons. The molecule has 0 aliphatic heterocycles. The van der Waals surface area contributed by atoms with E-state index in [1.807, 2.05) is 0 Å². The molecule has 0 bridgehead atoms. The van der Waals surface area contributed by atoms with Crippen LogP contribution in [0.4, 0.5) is 5.69 Å². The van der Waals surface area contributed by atoms with Gasteiger partial charge in [-0.3, -0.25) is 4.79 Å². The van der Waals surface area contributed by atoms with E-state index in [1.165, 1.54) is 6.42 Å². The molecule has 1 aromatic carbocycles. The van der Waals surface area contributed by atoms with Crippen LogP contribution in [0, 0.1) is 5.92 Å². The second-order valence-electron chi connectivity index (χ2n) is 5.35. The van der Waals surface area contributed by atoms with Gasteiger partial charge in [-0.1, -0.05) is 32.3 Å². The molecular formula is C15H22N2O2. The lowest BCUT2D eigenvalue weighted by Crippen LogP contribution is -2.38. The molecule has 1 amide bonds. The summed E-state index contributed by atoms with van der Waals surface area (Å²) in [6.45, 7) is 2.19. The highest BCUT2D eigenvalue weighted by molar-refractivity contribution is 5.98. The predicted octanol–water partition coefficient (Wildman–Crippen LogP) is 2.67. The molecule has 4 heteroatoms. The van der Waals surface area contributed by atoms with Crippen molar-refractivity contribution in [3.8, 4) is 5.75 Å². The third-order valence-electron chi connectivity index (χ3n) is 4.01. The topological polar surface area (TPSA) is 75.4 Å². The molecule has 19 heavy (non-hydrogen) atoms. The lowest BCUT2D eigenvalue weighted by molar-refractivity contribution is 0.0916. The quantitative estimate of drug-likeness (QED) is 0.579. The second kappa shape index (κ2) is 5.95. The zero-order valence-electron chi connectivity index (χ0n) is 11.4. The van der Waals surface area contributed by atoms with Crippen molar-refractivity contribution in [2.45, 2.75) is 45.1 Å². The van der Waals surface area contributed by atoms with Gasteiger partial charge in [-0.25, -0.2) is 0 Å². The van der Waals surface area contributed by atoms with Crippen molar-refractivity contribution in [2.24, 2.45) is 5.92 Å². The summed E-state index contributed by atoms with van der Waals surface area (Å²) in [4.78, 5) is 12.2. The summed E-state index contributed by atoms with van der Waals surface area (Å²) in [7, 11) is 0. The third-order valence-corrected chi connectivity index (χ3v) is 4.01. The molecule has 1 fully saturated rings. The summed E-state index contributed by atoms with van der Waals surface area (Å²) in [5, 5.41) is 12.8. The van der Waals surface area contributed by atoms with E-state index in [9.17, 15) is 9.90 Å². The van der Waals surface area contributed by atoms with Crippen molar-refractivity contribution in [2.75, 3.05) is 5.73 Å². The molecule has 2 rings (SSSR count). The Labute approximate surface area is 114 Å². The number of rotatable bonds is 3. The molecule has 1 saturated carbocycles. The maximum atomic E-state index is 12.2. The van der Waals surface area contributed by atoms with Crippen molar-refractivity contribution in [1.82, 2.24) is 5.32 Å². The molecule has 0 radical (unpaired) electrons. The van der Waals surface area contributed by atoms with Gasteiger partial charge >= 0.3 is 0 Å². The molecule has 0 spiro atoms. The van der Waals surface area contributed by atoms with E-state index in [1.54, 1.807) is 18.2 Å². The maximum Gasteiger partial charge on any atom is 0.255 e. The van der Waals surface area contributed by atoms with E-state index in [2.05, 4.69) is 12.2 Å². The fraction of sp³-hybridized carbons (Fsp3) is 0.533. The Morgan fingerprint density at radius 2 is 2.26 bits per heavy atom. The Morgan fingerprint density at radius 3 is 3.00 bits per heavy atom. The van der Waals surface area contributed by atoms with Crippen molar-refractivity contribution in [3.05, 3.63) is 23.8 Å². The van der Waals surface area contributed by atoms with Gasteiger partial charge in [0.25, 0.3) is 5.91 Å². The first-order valence-corrected chi connectivity index (χ1v) is 7.00. The highest BCUT2D eigenvalue weighted by Gasteiger charge is 2.23. The number of phenolic OH excluding ortho intramolecular Hbond substituents is 1. The lowest BCUT2D eigenvalue weighted by atomic mass is 9.84. The molecule has 0 aromatic heterocycles. The average molecular weight is 262 g/mol. The molecule has 4 N–H and O–H groups in total. The smallest absolute Gasteiger partial charge is 0.255 e. The van der Waals surface area contributed by atoms with Crippen LogP contribution in [0.3, 0.4) is 0 Å². The molecule has 1 aliphatic rings. The van der Waals surface area contributed by atoms with Crippen LogP contribution in [-0.2, 0) is 0 Å². The number of hydrogen-bond acceptors (Lipinski definition) is 3. The van der Waals surface area contributed by atoms with Gasteiger partial charge in [-0.15, -0.1) is 0 Å².